The van der Waals surface area contributed by atoms with Crippen molar-refractivity contribution in [1.82, 2.24) is 4.98 Å². The highest BCUT2D eigenvalue weighted by Gasteiger charge is 2.06. The quantitative estimate of drug-likeness (QED) is 0.770. The van der Waals surface area contributed by atoms with Crippen LogP contribution >= 0.6 is 11.3 Å². The Morgan fingerprint density at radius 1 is 1.26 bits per heavy atom. The molecule has 0 unspecified atom stereocenters. The molecule has 0 saturated heterocycles. The molecule has 3 rings (SSSR count). The van der Waals surface area contributed by atoms with Gasteiger partial charge in [0.2, 0.25) is 5.91 Å². The van der Waals surface area contributed by atoms with Gasteiger partial charge in [0.05, 0.1) is 28.4 Å². The zero-order valence-corrected chi connectivity index (χ0v) is 13.3. The first-order valence-electron chi connectivity index (χ1n) is 7.05. The zero-order valence-electron chi connectivity index (χ0n) is 12.5. The number of hydrogen-bond donors (Lipinski definition) is 2. The Bertz CT molecular complexity index is 893. The maximum absolute atomic E-state index is 11.9. The van der Waals surface area contributed by atoms with E-state index in [0.29, 0.717) is 11.3 Å². The summed E-state index contributed by atoms with van der Waals surface area (Å²) >= 11 is 1.52. The number of nitriles is 1. The van der Waals surface area contributed by atoms with Crippen molar-refractivity contribution in [3.63, 3.8) is 0 Å². The average molecular weight is 322 g/mol. The van der Waals surface area contributed by atoms with E-state index < -0.39 is 0 Å². The summed E-state index contributed by atoms with van der Waals surface area (Å²) in [5.41, 5.74) is 3.32. The maximum atomic E-state index is 11.9. The largest absolute Gasteiger partial charge is 0.352 e. The molecule has 0 fully saturated rings. The number of fused-ring (bicyclic) bond motifs is 1. The lowest BCUT2D eigenvalue weighted by molar-refractivity contribution is -0.114. The Morgan fingerprint density at radius 2 is 2.04 bits per heavy atom. The molecule has 23 heavy (non-hydrogen) atoms. The van der Waals surface area contributed by atoms with Gasteiger partial charge in [0.1, 0.15) is 0 Å². The highest BCUT2D eigenvalue weighted by Crippen LogP contribution is 2.26. The van der Waals surface area contributed by atoms with E-state index in [-0.39, 0.29) is 12.5 Å². The molecule has 1 heterocycles. The second kappa shape index (κ2) is 6.46. The van der Waals surface area contributed by atoms with Crippen LogP contribution in [0.25, 0.3) is 10.2 Å². The first-order chi connectivity index (χ1) is 11.1. The van der Waals surface area contributed by atoms with Gasteiger partial charge in [-0.3, -0.25) is 4.79 Å². The van der Waals surface area contributed by atoms with Crippen LogP contribution in [0.4, 0.5) is 10.8 Å². The normalized spacial score (nSPS) is 10.3. The number of nitrogens with zero attached hydrogens (tertiary/aromatic N) is 2. The average Bonchev–Trinajstić information content (AvgIpc) is 2.95. The van der Waals surface area contributed by atoms with E-state index in [4.69, 9.17) is 5.26 Å². The number of benzene rings is 2. The standard InChI is InChI=1S/C17H14N4OS/c1-11-2-7-15-14(8-11)21-17(23-15)19-10-16(22)20-13-5-3-12(9-18)4-6-13/h2-8H,10H2,1H3,(H,19,21)(H,20,22). The minimum absolute atomic E-state index is 0.138. The van der Waals surface area contributed by atoms with Crippen LogP contribution in [0.15, 0.2) is 42.5 Å². The van der Waals surface area contributed by atoms with E-state index in [9.17, 15) is 4.79 Å². The highest BCUT2D eigenvalue weighted by atomic mass is 32.1. The van der Waals surface area contributed by atoms with Gasteiger partial charge in [-0.25, -0.2) is 4.98 Å². The number of amides is 1. The van der Waals surface area contributed by atoms with Gasteiger partial charge in [0, 0.05) is 5.69 Å². The fraction of sp³-hybridized carbons (Fsp3) is 0.118. The molecular formula is C17H14N4OS. The Balaban J connectivity index is 1.60. The van der Waals surface area contributed by atoms with Crippen LogP contribution in [0.1, 0.15) is 11.1 Å². The predicted octanol–water partition coefficient (Wildman–Crippen LogP) is 3.53. The number of hydrogen-bond acceptors (Lipinski definition) is 5. The predicted molar refractivity (Wildman–Crippen MR) is 92.6 cm³/mol. The number of aromatic nitrogens is 1. The molecule has 3 aromatic rings. The monoisotopic (exact) mass is 322 g/mol. The fourth-order valence-corrected chi connectivity index (χ4v) is 2.94. The Labute approximate surface area is 137 Å². The fourth-order valence-electron chi connectivity index (χ4n) is 2.10. The van der Waals surface area contributed by atoms with Gasteiger partial charge in [-0.2, -0.15) is 5.26 Å². The minimum Gasteiger partial charge on any atom is -0.352 e. The van der Waals surface area contributed by atoms with Crippen molar-refractivity contribution in [2.45, 2.75) is 6.92 Å². The molecule has 0 aliphatic rings. The lowest BCUT2D eigenvalue weighted by Crippen LogP contribution is -2.21. The SMILES string of the molecule is Cc1ccc2sc(NCC(=O)Nc3ccc(C#N)cc3)nc2c1. The molecule has 0 aliphatic carbocycles. The first-order valence-corrected chi connectivity index (χ1v) is 7.87. The van der Waals surface area contributed by atoms with E-state index in [0.717, 1.165) is 20.9 Å². The zero-order chi connectivity index (χ0) is 16.2. The molecule has 0 bridgehead atoms. The van der Waals surface area contributed by atoms with E-state index in [1.165, 1.54) is 11.3 Å². The van der Waals surface area contributed by atoms with Gasteiger partial charge in [-0.05, 0) is 48.9 Å². The highest BCUT2D eigenvalue weighted by molar-refractivity contribution is 7.22. The smallest absolute Gasteiger partial charge is 0.243 e. The molecule has 6 heteroatoms. The molecule has 0 atom stereocenters. The molecule has 1 amide bonds. The van der Waals surface area contributed by atoms with Gasteiger partial charge in [0.25, 0.3) is 0 Å². The van der Waals surface area contributed by atoms with E-state index in [2.05, 4.69) is 15.6 Å². The maximum Gasteiger partial charge on any atom is 0.243 e. The molecule has 5 nitrogen and oxygen atoms in total. The molecule has 2 N–H and O–H groups in total. The van der Waals surface area contributed by atoms with Crippen molar-refractivity contribution in [3.8, 4) is 6.07 Å². The molecule has 0 aliphatic heterocycles. The number of nitrogens with one attached hydrogen (secondary N) is 2. The van der Waals surface area contributed by atoms with Gasteiger partial charge in [0.15, 0.2) is 5.13 Å². The molecule has 2 aromatic carbocycles. The van der Waals surface area contributed by atoms with Crippen LogP contribution in [-0.2, 0) is 4.79 Å². The minimum atomic E-state index is -0.162. The lowest BCUT2D eigenvalue weighted by atomic mass is 10.2. The number of anilines is 2. The lowest BCUT2D eigenvalue weighted by Gasteiger charge is -2.05. The molecule has 114 valence electrons. The van der Waals surface area contributed by atoms with Gasteiger partial charge in [-0.15, -0.1) is 0 Å². The Morgan fingerprint density at radius 3 is 2.78 bits per heavy atom. The number of carbonyl (C=O) groups excluding carboxylic acids is 1. The summed E-state index contributed by atoms with van der Waals surface area (Å²) in [6, 6.07) is 14.9. The summed E-state index contributed by atoms with van der Waals surface area (Å²) in [5.74, 6) is -0.162. The van der Waals surface area contributed by atoms with E-state index in [1.807, 2.05) is 31.2 Å². The molecule has 1 aromatic heterocycles. The van der Waals surface area contributed by atoms with E-state index in [1.54, 1.807) is 24.3 Å². The van der Waals surface area contributed by atoms with Gasteiger partial charge < -0.3 is 10.6 Å². The van der Waals surface area contributed by atoms with Crippen LogP contribution < -0.4 is 10.6 Å². The van der Waals surface area contributed by atoms with Crippen LogP contribution in [0.3, 0.4) is 0 Å². The van der Waals surface area contributed by atoms with Crippen LogP contribution in [0.5, 0.6) is 0 Å². The molecule has 0 radical (unpaired) electrons. The number of rotatable bonds is 4. The number of thiazole rings is 1. The Kier molecular flexibility index (Phi) is 4.22. The second-order valence-corrected chi connectivity index (χ2v) is 6.11. The third kappa shape index (κ3) is 3.65. The third-order valence-corrected chi connectivity index (χ3v) is 4.24. The van der Waals surface area contributed by atoms with Crippen molar-refractivity contribution in [2.75, 3.05) is 17.2 Å². The van der Waals surface area contributed by atoms with Crippen molar-refractivity contribution in [2.24, 2.45) is 0 Å². The van der Waals surface area contributed by atoms with Crippen LogP contribution in [0.2, 0.25) is 0 Å². The van der Waals surface area contributed by atoms with Crippen molar-refractivity contribution < 1.29 is 4.79 Å². The van der Waals surface area contributed by atoms with Crippen LogP contribution in [-0.4, -0.2) is 17.4 Å². The summed E-state index contributed by atoms with van der Waals surface area (Å²) in [6.45, 7) is 2.16. The van der Waals surface area contributed by atoms with E-state index >= 15 is 0 Å². The van der Waals surface area contributed by atoms with Gasteiger partial charge >= 0.3 is 0 Å². The summed E-state index contributed by atoms with van der Waals surface area (Å²) in [7, 11) is 0. The summed E-state index contributed by atoms with van der Waals surface area (Å²) in [5, 5.41) is 15.3. The third-order valence-electron chi connectivity index (χ3n) is 3.24. The van der Waals surface area contributed by atoms with Crippen LogP contribution in [0, 0.1) is 18.3 Å². The number of carbonyl (C=O) groups is 1. The van der Waals surface area contributed by atoms with Crippen molar-refractivity contribution in [3.05, 3.63) is 53.6 Å². The summed E-state index contributed by atoms with van der Waals surface area (Å²) in [6.07, 6.45) is 0. The Hall–Kier alpha value is -2.91. The molecule has 0 saturated carbocycles. The topological polar surface area (TPSA) is 77.8 Å². The van der Waals surface area contributed by atoms with Crippen molar-refractivity contribution in [1.29, 1.82) is 5.26 Å². The molecule has 0 spiro atoms. The van der Waals surface area contributed by atoms with Crippen molar-refractivity contribution >= 4 is 38.3 Å². The first kappa shape index (κ1) is 15.0. The summed E-state index contributed by atoms with van der Waals surface area (Å²) < 4.78 is 1.09. The number of aryl methyl sites for hydroxylation is 1. The molecular weight excluding hydrogens is 308 g/mol. The summed E-state index contributed by atoms with van der Waals surface area (Å²) in [4.78, 5) is 16.4. The van der Waals surface area contributed by atoms with Gasteiger partial charge in [-0.1, -0.05) is 17.4 Å². The second-order valence-electron chi connectivity index (χ2n) is 5.08.